The van der Waals surface area contributed by atoms with E-state index in [0.717, 1.165) is 6.42 Å². The van der Waals surface area contributed by atoms with Gasteiger partial charge in [-0.3, -0.25) is 0 Å². The molecular formula is C24H26Cl2N2O2. The molecule has 3 aromatic rings. The topological polar surface area (TPSA) is 65.3 Å². The van der Waals surface area contributed by atoms with Crippen molar-refractivity contribution < 1.29 is 9.84 Å². The average Bonchev–Trinajstić information content (AvgIpc) is 2.70. The third kappa shape index (κ3) is 6.35. The molecule has 0 aliphatic carbocycles. The zero-order chi connectivity index (χ0) is 20.9. The van der Waals surface area contributed by atoms with Gasteiger partial charge in [0.15, 0.2) is 0 Å². The lowest BCUT2D eigenvalue weighted by atomic mass is 9.93. The van der Waals surface area contributed by atoms with E-state index in [0.29, 0.717) is 17.3 Å². The van der Waals surface area contributed by atoms with Gasteiger partial charge in [0.2, 0.25) is 0 Å². The Bertz CT molecular complexity index is 1030. The number of rotatable bonds is 8. The number of hydrogen-bond acceptors (Lipinski definition) is 4. The number of aliphatic hydroxyl groups excluding tert-OH is 1. The van der Waals surface area contributed by atoms with Crippen LogP contribution < -0.4 is 10.1 Å². The molecule has 0 bridgehead atoms. The zero-order valence-electron chi connectivity index (χ0n) is 17.1. The molecule has 0 fully saturated rings. The summed E-state index contributed by atoms with van der Waals surface area (Å²) >= 11 is 6.00. The summed E-state index contributed by atoms with van der Waals surface area (Å²) < 4.78 is 5.61. The SMILES string of the molecule is CC(C)(Cc1ccc2ccccc2c1)NCC(O)COc1cccc(Cl)c1C#N.Cl. The Balaban J connectivity index is 0.00000320. The van der Waals surface area contributed by atoms with E-state index < -0.39 is 6.10 Å². The van der Waals surface area contributed by atoms with Crippen molar-refractivity contribution in [1.29, 1.82) is 5.26 Å². The second kappa shape index (κ2) is 10.7. The van der Waals surface area contributed by atoms with E-state index in [1.807, 2.05) is 18.2 Å². The lowest BCUT2D eigenvalue weighted by molar-refractivity contribution is 0.0987. The summed E-state index contributed by atoms with van der Waals surface area (Å²) in [5.74, 6) is 0.384. The number of nitrogens with one attached hydrogen (secondary N) is 1. The number of benzene rings is 3. The lowest BCUT2D eigenvalue weighted by Gasteiger charge is -2.28. The summed E-state index contributed by atoms with van der Waals surface area (Å²) in [6.45, 7) is 4.68. The summed E-state index contributed by atoms with van der Waals surface area (Å²) in [4.78, 5) is 0. The fourth-order valence-corrected chi connectivity index (χ4v) is 3.50. The molecule has 158 valence electrons. The molecule has 2 N–H and O–H groups in total. The van der Waals surface area contributed by atoms with Gasteiger partial charge in [-0.15, -0.1) is 12.4 Å². The molecule has 0 heterocycles. The highest BCUT2D eigenvalue weighted by atomic mass is 35.5. The van der Waals surface area contributed by atoms with E-state index in [1.54, 1.807) is 18.2 Å². The van der Waals surface area contributed by atoms with E-state index in [9.17, 15) is 10.4 Å². The number of fused-ring (bicyclic) bond motifs is 1. The Morgan fingerprint density at radius 3 is 2.57 bits per heavy atom. The van der Waals surface area contributed by atoms with E-state index >= 15 is 0 Å². The zero-order valence-corrected chi connectivity index (χ0v) is 18.6. The molecule has 0 radical (unpaired) electrons. The minimum Gasteiger partial charge on any atom is -0.489 e. The highest BCUT2D eigenvalue weighted by molar-refractivity contribution is 6.31. The molecule has 0 saturated heterocycles. The van der Waals surface area contributed by atoms with Crippen molar-refractivity contribution in [2.75, 3.05) is 13.2 Å². The van der Waals surface area contributed by atoms with Crippen molar-refractivity contribution in [2.24, 2.45) is 0 Å². The fraction of sp³-hybridized carbons (Fsp3) is 0.292. The smallest absolute Gasteiger partial charge is 0.138 e. The molecule has 0 aliphatic rings. The number of hydrogen-bond donors (Lipinski definition) is 2. The predicted molar refractivity (Wildman–Crippen MR) is 125 cm³/mol. The normalized spacial score (nSPS) is 12.1. The van der Waals surface area contributed by atoms with E-state index in [2.05, 4.69) is 49.5 Å². The minimum absolute atomic E-state index is 0. The second-order valence-electron chi connectivity index (χ2n) is 7.81. The summed E-state index contributed by atoms with van der Waals surface area (Å²) in [5.41, 5.74) is 1.33. The Hall–Kier alpha value is -2.29. The third-order valence-corrected chi connectivity index (χ3v) is 5.11. The van der Waals surface area contributed by atoms with Gasteiger partial charge in [0.05, 0.1) is 5.02 Å². The van der Waals surface area contributed by atoms with Gasteiger partial charge in [-0.1, -0.05) is 60.1 Å². The first-order valence-corrected chi connectivity index (χ1v) is 9.98. The molecule has 4 nitrogen and oxygen atoms in total. The van der Waals surface area contributed by atoms with Crippen molar-refractivity contribution in [3.63, 3.8) is 0 Å². The summed E-state index contributed by atoms with van der Waals surface area (Å²) in [5, 5.41) is 25.7. The molecule has 1 unspecified atom stereocenters. The van der Waals surface area contributed by atoms with Crippen LogP contribution >= 0.6 is 24.0 Å². The van der Waals surface area contributed by atoms with Crippen LogP contribution in [0, 0.1) is 11.3 Å². The van der Waals surface area contributed by atoms with Gasteiger partial charge in [-0.25, -0.2) is 0 Å². The molecule has 0 amide bonds. The Morgan fingerprint density at radius 2 is 1.83 bits per heavy atom. The van der Waals surface area contributed by atoms with Crippen LogP contribution in [0.25, 0.3) is 10.8 Å². The van der Waals surface area contributed by atoms with Crippen LogP contribution in [0.3, 0.4) is 0 Å². The van der Waals surface area contributed by atoms with Crippen LogP contribution in [0.1, 0.15) is 25.0 Å². The van der Waals surface area contributed by atoms with E-state index in [4.69, 9.17) is 16.3 Å². The van der Waals surface area contributed by atoms with Crippen molar-refractivity contribution in [2.45, 2.75) is 31.9 Å². The number of β-amino-alcohol motifs (C(OH)–C–C–N with tert-alkyl or cyclic N) is 1. The van der Waals surface area contributed by atoms with Crippen molar-refractivity contribution in [1.82, 2.24) is 5.32 Å². The average molecular weight is 445 g/mol. The maximum atomic E-state index is 10.3. The number of aliphatic hydroxyl groups is 1. The van der Waals surface area contributed by atoms with Gasteiger partial charge in [-0.05, 0) is 48.7 Å². The van der Waals surface area contributed by atoms with Crippen LogP contribution in [0.4, 0.5) is 0 Å². The van der Waals surface area contributed by atoms with Crippen LogP contribution in [0.2, 0.25) is 5.02 Å². The molecule has 1 atom stereocenters. The van der Waals surface area contributed by atoms with Crippen molar-refractivity contribution in [3.05, 3.63) is 76.8 Å². The highest BCUT2D eigenvalue weighted by Crippen LogP contribution is 2.25. The number of ether oxygens (including phenoxy) is 1. The van der Waals surface area contributed by atoms with E-state index in [-0.39, 0.29) is 30.1 Å². The monoisotopic (exact) mass is 444 g/mol. The van der Waals surface area contributed by atoms with Crippen LogP contribution in [-0.4, -0.2) is 29.9 Å². The minimum atomic E-state index is -0.712. The highest BCUT2D eigenvalue weighted by Gasteiger charge is 2.20. The van der Waals surface area contributed by atoms with Crippen molar-refractivity contribution in [3.8, 4) is 11.8 Å². The molecule has 3 aromatic carbocycles. The fourth-order valence-electron chi connectivity index (χ4n) is 3.29. The lowest BCUT2D eigenvalue weighted by Crippen LogP contribution is -2.46. The molecule has 0 saturated carbocycles. The van der Waals surface area contributed by atoms with Crippen LogP contribution in [-0.2, 0) is 6.42 Å². The maximum absolute atomic E-state index is 10.3. The maximum Gasteiger partial charge on any atom is 0.138 e. The first-order chi connectivity index (χ1) is 13.9. The van der Waals surface area contributed by atoms with E-state index in [1.165, 1.54) is 16.3 Å². The molecule has 6 heteroatoms. The third-order valence-electron chi connectivity index (χ3n) is 4.79. The van der Waals surface area contributed by atoms with Crippen LogP contribution in [0.5, 0.6) is 5.75 Å². The van der Waals surface area contributed by atoms with Gasteiger partial charge < -0.3 is 15.2 Å². The van der Waals surface area contributed by atoms with Gasteiger partial charge in [0.1, 0.15) is 30.1 Å². The van der Waals surface area contributed by atoms with Crippen molar-refractivity contribution >= 4 is 34.8 Å². The summed E-state index contributed by atoms with van der Waals surface area (Å²) in [6.07, 6.45) is 0.120. The predicted octanol–water partition coefficient (Wildman–Crippen LogP) is 5.14. The van der Waals surface area contributed by atoms with Gasteiger partial charge >= 0.3 is 0 Å². The first-order valence-electron chi connectivity index (χ1n) is 9.60. The first kappa shape index (κ1) is 24.0. The number of nitrogens with zero attached hydrogens (tertiary/aromatic N) is 1. The Morgan fingerprint density at radius 1 is 1.10 bits per heavy atom. The number of halogens is 2. The molecular weight excluding hydrogens is 419 g/mol. The molecule has 30 heavy (non-hydrogen) atoms. The second-order valence-corrected chi connectivity index (χ2v) is 8.22. The number of nitriles is 1. The summed E-state index contributed by atoms with van der Waals surface area (Å²) in [7, 11) is 0. The quantitative estimate of drug-likeness (QED) is 0.504. The van der Waals surface area contributed by atoms with Gasteiger partial charge in [0, 0.05) is 12.1 Å². The molecule has 0 aliphatic heterocycles. The van der Waals surface area contributed by atoms with Crippen LogP contribution in [0.15, 0.2) is 60.7 Å². The largest absolute Gasteiger partial charge is 0.489 e. The Kier molecular flexibility index (Phi) is 8.52. The molecule has 0 aromatic heterocycles. The van der Waals surface area contributed by atoms with Gasteiger partial charge in [0.25, 0.3) is 0 Å². The Labute approximate surface area is 188 Å². The summed E-state index contributed by atoms with van der Waals surface area (Å²) in [6, 6.07) is 21.9. The molecule has 0 spiro atoms. The van der Waals surface area contributed by atoms with Gasteiger partial charge in [-0.2, -0.15) is 5.26 Å². The molecule has 3 rings (SSSR count). The standard InChI is InChI=1S/C24H25ClN2O2.ClH/c1-24(2,13-17-10-11-18-6-3-4-7-19(18)12-17)27-15-20(28)16-29-23-9-5-8-22(25)21(23)14-26;/h3-12,20,27-28H,13,15-16H2,1-2H3;1H.